The molecule has 0 aliphatic rings. The Balaban J connectivity index is 1.95. The first-order valence-corrected chi connectivity index (χ1v) is 7.83. The normalized spacial score (nSPS) is 10.9. The maximum absolute atomic E-state index is 9.59. The van der Waals surface area contributed by atoms with Crippen molar-refractivity contribution >= 4 is 46.3 Å². The summed E-state index contributed by atoms with van der Waals surface area (Å²) in [5.41, 5.74) is 2.91. The molecule has 1 heterocycles. The summed E-state index contributed by atoms with van der Waals surface area (Å²) < 4.78 is 7.08. The number of rotatable bonds is 3. The highest BCUT2D eigenvalue weighted by atomic mass is 127. The molecule has 0 aliphatic carbocycles. The van der Waals surface area contributed by atoms with Crippen molar-refractivity contribution in [3.63, 3.8) is 0 Å². The number of furan rings is 1. The third kappa shape index (κ3) is 2.94. The molecule has 0 atom stereocenters. The molecule has 0 amide bonds. The highest BCUT2D eigenvalue weighted by Crippen LogP contribution is 2.30. The molecule has 106 valence electrons. The lowest BCUT2D eigenvalue weighted by Crippen LogP contribution is -2.32. The van der Waals surface area contributed by atoms with Crippen molar-refractivity contribution in [2.75, 3.05) is 11.9 Å². The van der Waals surface area contributed by atoms with Gasteiger partial charge in [0.1, 0.15) is 11.3 Å². The zero-order valence-electron chi connectivity index (χ0n) is 11.9. The van der Waals surface area contributed by atoms with E-state index in [2.05, 4.69) is 40.8 Å². The minimum Gasteiger partial charge on any atom is -0.456 e. The van der Waals surface area contributed by atoms with E-state index in [1.807, 2.05) is 42.2 Å². The molecule has 3 aromatic rings. The average molecular weight is 391 g/mol. The fourth-order valence-electron chi connectivity index (χ4n) is 2.22. The molecule has 0 unspecified atom stereocenters. The van der Waals surface area contributed by atoms with Gasteiger partial charge in [-0.3, -0.25) is 0 Å². The van der Waals surface area contributed by atoms with Gasteiger partial charge in [0, 0.05) is 20.2 Å². The summed E-state index contributed by atoms with van der Waals surface area (Å²) in [6.45, 7) is 1.74. The van der Waals surface area contributed by atoms with Crippen LogP contribution in [-0.4, -0.2) is 19.1 Å². The number of hydrogen-bond acceptors (Lipinski definition) is 3. The minimum absolute atomic E-state index is 0.510. The Labute approximate surface area is 137 Å². The van der Waals surface area contributed by atoms with Crippen molar-refractivity contribution < 1.29 is 9.44 Å². The molecule has 1 N–H and O–H groups in total. The molecule has 0 bridgehead atoms. The highest BCUT2D eigenvalue weighted by Gasteiger charge is 2.12. The Morgan fingerprint density at radius 3 is 2.48 bits per heavy atom. The molecule has 21 heavy (non-hydrogen) atoms. The number of halogens is 1. The van der Waals surface area contributed by atoms with Crippen LogP contribution in [-0.2, 0) is 0 Å². The van der Waals surface area contributed by atoms with E-state index in [1.54, 1.807) is 6.82 Å². The van der Waals surface area contributed by atoms with Gasteiger partial charge in [-0.1, -0.05) is 6.07 Å². The van der Waals surface area contributed by atoms with E-state index >= 15 is 0 Å². The van der Waals surface area contributed by atoms with Gasteiger partial charge in [0.05, 0.1) is 0 Å². The summed E-state index contributed by atoms with van der Waals surface area (Å²) in [5, 5.41) is 10.7. The first-order chi connectivity index (χ1) is 10.0. The summed E-state index contributed by atoms with van der Waals surface area (Å²) in [6.07, 6.45) is 0. The van der Waals surface area contributed by atoms with Crippen molar-refractivity contribution in [2.24, 2.45) is 0 Å². The highest BCUT2D eigenvalue weighted by molar-refractivity contribution is 14.1. The summed E-state index contributed by atoms with van der Waals surface area (Å²) >= 11 is 2.28. The van der Waals surface area contributed by atoms with Crippen LogP contribution in [0.15, 0.2) is 52.9 Å². The van der Waals surface area contributed by atoms with Crippen molar-refractivity contribution in [1.82, 2.24) is 0 Å². The van der Waals surface area contributed by atoms with Gasteiger partial charge < -0.3 is 14.3 Å². The van der Waals surface area contributed by atoms with E-state index in [-0.39, 0.29) is 0 Å². The zero-order valence-corrected chi connectivity index (χ0v) is 14.0. The van der Waals surface area contributed by atoms with Gasteiger partial charge in [-0.25, -0.2) is 0 Å². The summed E-state index contributed by atoms with van der Waals surface area (Å²) in [7, 11) is 1.35. The Bertz CT molecular complexity index is 768. The smallest absolute Gasteiger partial charge is 0.409 e. The van der Waals surface area contributed by atoms with Gasteiger partial charge in [0.15, 0.2) is 0 Å². The van der Waals surface area contributed by atoms with Crippen LogP contribution >= 0.6 is 22.6 Å². The van der Waals surface area contributed by atoms with Crippen molar-refractivity contribution in [3.05, 3.63) is 52.1 Å². The van der Waals surface area contributed by atoms with E-state index in [0.717, 1.165) is 31.6 Å². The van der Waals surface area contributed by atoms with Crippen LogP contribution in [0, 0.1) is 3.57 Å². The van der Waals surface area contributed by atoms with Crippen molar-refractivity contribution in [3.8, 4) is 11.3 Å². The maximum Gasteiger partial charge on any atom is 0.409 e. The van der Waals surface area contributed by atoms with Gasteiger partial charge in [-0.15, -0.1) is 0 Å². The van der Waals surface area contributed by atoms with E-state index in [1.165, 1.54) is 0 Å². The molecule has 3 nitrogen and oxygen atoms in total. The molecule has 0 fully saturated rings. The first kappa shape index (κ1) is 14.5. The molecular weight excluding hydrogens is 376 g/mol. The molecule has 0 aliphatic heterocycles. The summed E-state index contributed by atoms with van der Waals surface area (Å²) in [6, 6.07) is 16.2. The Kier molecular flexibility index (Phi) is 3.95. The van der Waals surface area contributed by atoms with Gasteiger partial charge in [-0.2, -0.15) is 0 Å². The van der Waals surface area contributed by atoms with E-state index in [0.29, 0.717) is 0 Å². The topological polar surface area (TPSA) is 36.6 Å². The molecule has 0 saturated carbocycles. The quantitative estimate of drug-likeness (QED) is 0.536. The predicted molar refractivity (Wildman–Crippen MR) is 96.6 cm³/mol. The van der Waals surface area contributed by atoms with Crippen molar-refractivity contribution in [2.45, 2.75) is 6.82 Å². The second kappa shape index (κ2) is 5.73. The lowest BCUT2D eigenvalue weighted by Gasteiger charge is -2.19. The van der Waals surface area contributed by atoms with E-state index < -0.39 is 7.05 Å². The molecule has 0 spiro atoms. The lowest BCUT2D eigenvalue weighted by molar-refractivity contribution is 0.575. The second-order valence-electron chi connectivity index (χ2n) is 5.08. The molecule has 1 aromatic heterocycles. The number of nitrogens with zero attached hydrogens (tertiary/aromatic N) is 1. The third-order valence-corrected chi connectivity index (χ3v) is 4.27. The van der Waals surface area contributed by atoms with Crippen molar-refractivity contribution in [1.29, 1.82) is 0 Å². The monoisotopic (exact) mass is 391 g/mol. The first-order valence-electron chi connectivity index (χ1n) is 6.75. The molecule has 3 rings (SSSR count). The van der Waals surface area contributed by atoms with Crippen LogP contribution in [0.2, 0.25) is 6.82 Å². The summed E-state index contributed by atoms with van der Waals surface area (Å²) in [4.78, 5) is 1.81. The number of fused-ring (bicyclic) bond motifs is 1. The molecule has 5 heteroatoms. The standard InChI is InChI=1S/C16H15BINO2/c1-17(20)19(2)14-7-4-11(5-8-14)15-9-12-3-6-13(18)10-16(12)21-15/h3-10,20H,1-2H3. The number of benzene rings is 2. The number of hydrogen-bond donors (Lipinski definition) is 1. The zero-order chi connectivity index (χ0) is 15.0. The maximum atomic E-state index is 9.59. The Morgan fingerprint density at radius 1 is 1.10 bits per heavy atom. The SMILES string of the molecule is CB(O)N(C)c1ccc(-c2cc3ccc(I)cc3o2)cc1. The van der Waals surface area contributed by atoms with Crippen LogP contribution in [0.25, 0.3) is 22.3 Å². The van der Waals surface area contributed by atoms with Crippen LogP contribution < -0.4 is 4.81 Å². The molecule has 0 radical (unpaired) electrons. The lowest BCUT2D eigenvalue weighted by atomic mass is 9.85. The average Bonchev–Trinajstić information content (AvgIpc) is 2.89. The van der Waals surface area contributed by atoms with Crippen LogP contribution in [0.1, 0.15) is 0 Å². The Hall–Kier alpha value is -1.47. The molecular formula is C16H15BINO2. The fourth-order valence-corrected chi connectivity index (χ4v) is 2.69. The van der Waals surface area contributed by atoms with E-state index in [9.17, 15) is 5.02 Å². The van der Waals surface area contributed by atoms with Gasteiger partial charge >= 0.3 is 7.05 Å². The van der Waals surface area contributed by atoms with E-state index in [4.69, 9.17) is 4.42 Å². The molecule has 0 saturated heterocycles. The van der Waals surface area contributed by atoms with Crippen LogP contribution in [0.5, 0.6) is 0 Å². The van der Waals surface area contributed by atoms with Crippen LogP contribution in [0.3, 0.4) is 0 Å². The van der Waals surface area contributed by atoms with Gasteiger partial charge in [-0.05, 0) is 78.9 Å². The summed E-state index contributed by atoms with van der Waals surface area (Å²) in [5.74, 6) is 0.859. The second-order valence-corrected chi connectivity index (χ2v) is 6.33. The largest absolute Gasteiger partial charge is 0.456 e. The van der Waals surface area contributed by atoms with Gasteiger partial charge in [0.25, 0.3) is 0 Å². The third-order valence-electron chi connectivity index (χ3n) is 3.60. The van der Waals surface area contributed by atoms with Gasteiger partial charge in [0.2, 0.25) is 0 Å². The Morgan fingerprint density at radius 2 is 1.81 bits per heavy atom. The fraction of sp³-hybridized carbons (Fsp3) is 0.125. The predicted octanol–water partition coefficient (Wildman–Crippen LogP) is 4.25. The number of anilines is 1. The minimum atomic E-state index is -0.510. The van der Waals surface area contributed by atoms with Crippen LogP contribution in [0.4, 0.5) is 5.69 Å². The molecule has 2 aromatic carbocycles.